The number of carbonyl (C=O) groups is 1. The normalized spacial score (nSPS) is 16.9. The molecule has 0 aliphatic carbocycles. The Balaban J connectivity index is 1.40. The van der Waals surface area contributed by atoms with E-state index in [4.69, 9.17) is 4.74 Å². The van der Waals surface area contributed by atoms with Crippen molar-refractivity contribution in [2.24, 2.45) is 5.92 Å². The van der Waals surface area contributed by atoms with E-state index in [-0.39, 0.29) is 17.6 Å². The summed E-state index contributed by atoms with van der Waals surface area (Å²) in [6.07, 6.45) is -3.17. The van der Waals surface area contributed by atoms with Crippen LogP contribution >= 0.6 is 11.3 Å². The zero-order valence-corrected chi connectivity index (χ0v) is 17.4. The fourth-order valence-electron chi connectivity index (χ4n) is 3.50. The number of carbonyl (C=O) groups excluding carboxylic acids is 1. The standard InChI is InChI=1S/C21H20F3N3O3S/c1-29-16-8-9-17-18(11-16)31-20(26-17)27-10-2-3-13(12-27)19(28)25-14-4-6-15(7-5-14)30-21(22,23)24/h4-9,11,13H,2-3,10,12H2,1H3,(H,25,28). The highest BCUT2D eigenvalue weighted by molar-refractivity contribution is 7.22. The van der Waals surface area contributed by atoms with E-state index in [1.807, 2.05) is 18.2 Å². The van der Waals surface area contributed by atoms with Crippen LogP contribution in [0.2, 0.25) is 0 Å². The molecule has 6 nitrogen and oxygen atoms in total. The van der Waals surface area contributed by atoms with E-state index in [1.54, 1.807) is 18.4 Å². The molecule has 0 bridgehead atoms. The minimum atomic E-state index is -4.75. The smallest absolute Gasteiger partial charge is 0.497 e. The molecule has 10 heteroatoms. The second-order valence-corrected chi connectivity index (χ2v) is 8.19. The molecule has 2 heterocycles. The fourth-order valence-corrected chi connectivity index (χ4v) is 4.53. The molecule has 1 saturated heterocycles. The summed E-state index contributed by atoms with van der Waals surface area (Å²) in [5.74, 6) is 0.0189. The first-order chi connectivity index (χ1) is 14.8. The van der Waals surface area contributed by atoms with Gasteiger partial charge in [0.15, 0.2) is 5.13 Å². The Morgan fingerprint density at radius 3 is 2.65 bits per heavy atom. The predicted octanol–water partition coefficient (Wildman–Crippen LogP) is 5.06. The highest BCUT2D eigenvalue weighted by Gasteiger charge is 2.31. The van der Waals surface area contributed by atoms with Crippen molar-refractivity contribution in [2.45, 2.75) is 19.2 Å². The van der Waals surface area contributed by atoms with Crippen LogP contribution in [0.5, 0.6) is 11.5 Å². The second-order valence-electron chi connectivity index (χ2n) is 7.18. The number of anilines is 2. The summed E-state index contributed by atoms with van der Waals surface area (Å²) in [6.45, 7) is 1.34. The van der Waals surface area contributed by atoms with Gasteiger partial charge in [0.1, 0.15) is 11.5 Å². The van der Waals surface area contributed by atoms with Crippen LogP contribution in [0, 0.1) is 5.92 Å². The van der Waals surface area contributed by atoms with E-state index in [0.29, 0.717) is 12.2 Å². The van der Waals surface area contributed by atoms with Gasteiger partial charge in [0.2, 0.25) is 5.91 Å². The number of alkyl halides is 3. The highest BCUT2D eigenvalue weighted by atomic mass is 32.1. The molecular formula is C21H20F3N3O3S. The fraction of sp³-hybridized carbons (Fsp3) is 0.333. The third-order valence-electron chi connectivity index (χ3n) is 5.00. The number of amides is 1. The van der Waals surface area contributed by atoms with Gasteiger partial charge >= 0.3 is 6.36 Å². The molecule has 3 aromatic rings. The van der Waals surface area contributed by atoms with Gasteiger partial charge in [0.25, 0.3) is 0 Å². The number of nitrogens with zero attached hydrogens (tertiary/aromatic N) is 2. The average Bonchev–Trinajstić information content (AvgIpc) is 3.17. The maximum absolute atomic E-state index is 12.7. The lowest BCUT2D eigenvalue weighted by molar-refractivity contribution is -0.274. The molecule has 1 aliphatic rings. The number of hydrogen-bond acceptors (Lipinski definition) is 6. The Labute approximate surface area is 180 Å². The molecule has 0 saturated carbocycles. The predicted molar refractivity (Wildman–Crippen MR) is 113 cm³/mol. The minimum Gasteiger partial charge on any atom is -0.497 e. The monoisotopic (exact) mass is 451 g/mol. The molecule has 1 N–H and O–H groups in total. The van der Waals surface area contributed by atoms with Gasteiger partial charge in [-0.2, -0.15) is 0 Å². The van der Waals surface area contributed by atoms with Gasteiger partial charge in [-0.3, -0.25) is 4.79 Å². The maximum atomic E-state index is 12.7. The van der Waals surface area contributed by atoms with E-state index in [1.165, 1.54) is 24.3 Å². The Kier molecular flexibility index (Phi) is 5.90. The molecule has 31 heavy (non-hydrogen) atoms. The number of rotatable bonds is 5. The Morgan fingerprint density at radius 2 is 1.94 bits per heavy atom. The van der Waals surface area contributed by atoms with E-state index in [0.717, 1.165) is 40.5 Å². The number of thiazole rings is 1. The first kappa shape index (κ1) is 21.2. The van der Waals surface area contributed by atoms with Gasteiger partial charge in [-0.15, -0.1) is 13.2 Å². The van der Waals surface area contributed by atoms with Crippen molar-refractivity contribution >= 4 is 38.3 Å². The van der Waals surface area contributed by atoms with Gasteiger partial charge in [0, 0.05) is 18.8 Å². The van der Waals surface area contributed by atoms with Crippen LogP contribution in [-0.2, 0) is 4.79 Å². The lowest BCUT2D eigenvalue weighted by Gasteiger charge is -2.31. The van der Waals surface area contributed by atoms with Gasteiger partial charge in [-0.05, 0) is 55.3 Å². The van der Waals surface area contributed by atoms with Crippen LogP contribution in [0.1, 0.15) is 12.8 Å². The molecule has 1 fully saturated rings. The number of methoxy groups -OCH3 is 1. The van der Waals surface area contributed by atoms with Gasteiger partial charge in [0.05, 0.1) is 23.2 Å². The van der Waals surface area contributed by atoms with Crippen molar-refractivity contribution in [3.8, 4) is 11.5 Å². The Bertz CT molecular complexity index is 1070. The van der Waals surface area contributed by atoms with Crippen LogP contribution in [0.4, 0.5) is 24.0 Å². The first-order valence-electron chi connectivity index (χ1n) is 9.67. The molecule has 164 valence electrons. The second kappa shape index (κ2) is 8.62. The van der Waals surface area contributed by atoms with Crippen molar-refractivity contribution in [3.63, 3.8) is 0 Å². The Hall–Kier alpha value is -3.01. The SMILES string of the molecule is COc1ccc2nc(N3CCCC(C(=O)Nc4ccc(OC(F)(F)F)cc4)C3)sc2c1. The molecule has 1 aliphatic heterocycles. The topological polar surface area (TPSA) is 63.7 Å². The van der Waals surface area contributed by atoms with Gasteiger partial charge in [-0.25, -0.2) is 4.98 Å². The number of piperidine rings is 1. The quantitative estimate of drug-likeness (QED) is 0.588. The molecule has 1 atom stereocenters. The number of benzene rings is 2. The summed E-state index contributed by atoms with van der Waals surface area (Å²) < 4.78 is 46.9. The molecule has 2 aromatic carbocycles. The summed E-state index contributed by atoms with van der Waals surface area (Å²) >= 11 is 1.55. The molecule has 1 amide bonds. The molecule has 0 radical (unpaired) electrons. The largest absolute Gasteiger partial charge is 0.573 e. The maximum Gasteiger partial charge on any atom is 0.573 e. The number of hydrogen-bond donors (Lipinski definition) is 1. The molecule has 0 spiro atoms. The molecule has 1 aromatic heterocycles. The van der Waals surface area contributed by atoms with Gasteiger partial charge in [-0.1, -0.05) is 11.3 Å². The van der Waals surface area contributed by atoms with E-state index in [9.17, 15) is 18.0 Å². The number of aromatic nitrogens is 1. The third-order valence-corrected chi connectivity index (χ3v) is 6.08. The van der Waals surface area contributed by atoms with Crippen molar-refractivity contribution in [2.75, 3.05) is 30.4 Å². The summed E-state index contributed by atoms with van der Waals surface area (Å²) in [4.78, 5) is 19.5. The lowest BCUT2D eigenvalue weighted by Crippen LogP contribution is -2.40. The summed E-state index contributed by atoms with van der Waals surface area (Å²) in [6, 6.07) is 10.8. The van der Waals surface area contributed by atoms with Crippen molar-refractivity contribution in [1.82, 2.24) is 4.98 Å². The number of ether oxygens (including phenoxy) is 2. The van der Waals surface area contributed by atoms with Gasteiger partial charge < -0.3 is 19.7 Å². The minimum absolute atomic E-state index is 0.169. The van der Waals surface area contributed by atoms with Crippen molar-refractivity contribution in [3.05, 3.63) is 42.5 Å². The lowest BCUT2D eigenvalue weighted by atomic mass is 9.97. The first-order valence-corrected chi connectivity index (χ1v) is 10.5. The molecule has 1 unspecified atom stereocenters. The van der Waals surface area contributed by atoms with E-state index >= 15 is 0 Å². The van der Waals surface area contributed by atoms with E-state index in [2.05, 4.69) is 19.9 Å². The average molecular weight is 451 g/mol. The zero-order chi connectivity index (χ0) is 22.0. The highest BCUT2D eigenvalue weighted by Crippen LogP contribution is 2.34. The van der Waals surface area contributed by atoms with Crippen molar-refractivity contribution in [1.29, 1.82) is 0 Å². The summed E-state index contributed by atoms with van der Waals surface area (Å²) in [5, 5.41) is 3.64. The van der Waals surface area contributed by atoms with Crippen LogP contribution in [0.3, 0.4) is 0 Å². The molecular weight excluding hydrogens is 431 g/mol. The number of halogens is 3. The summed E-state index contributed by atoms with van der Waals surface area (Å²) in [5.41, 5.74) is 1.30. The van der Waals surface area contributed by atoms with Crippen molar-refractivity contribution < 1.29 is 27.4 Å². The van der Waals surface area contributed by atoms with Crippen LogP contribution in [0.15, 0.2) is 42.5 Å². The number of nitrogens with one attached hydrogen (secondary N) is 1. The molecule has 4 rings (SSSR count). The number of fused-ring (bicyclic) bond motifs is 1. The summed E-state index contributed by atoms with van der Waals surface area (Å²) in [7, 11) is 1.62. The zero-order valence-electron chi connectivity index (χ0n) is 16.6. The van der Waals surface area contributed by atoms with E-state index < -0.39 is 6.36 Å². The Morgan fingerprint density at radius 1 is 1.19 bits per heavy atom. The van der Waals surface area contributed by atoms with Crippen LogP contribution < -0.4 is 19.7 Å². The third kappa shape index (κ3) is 5.19. The van der Waals surface area contributed by atoms with Crippen LogP contribution in [0.25, 0.3) is 10.2 Å². The van der Waals surface area contributed by atoms with Crippen LogP contribution in [-0.4, -0.2) is 37.5 Å².